The minimum Gasteiger partial charge on any atom is -0.497 e. The smallest absolute Gasteiger partial charge is 0.379 e. The molecule has 0 spiro atoms. The fourth-order valence-electron chi connectivity index (χ4n) is 4.49. The molecule has 0 radical (unpaired) electrons. The Morgan fingerprint density at radius 3 is 2.50 bits per heavy atom. The van der Waals surface area contributed by atoms with Crippen molar-refractivity contribution in [3.05, 3.63) is 106 Å². The minimum atomic E-state index is -0.647. The molecule has 2 aliphatic rings. The molecule has 9 heteroatoms. The zero-order valence-electron chi connectivity index (χ0n) is 22.8. The average Bonchev–Trinajstić information content (AvgIpc) is 3.51. The van der Waals surface area contributed by atoms with Crippen molar-refractivity contribution in [1.82, 2.24) is 10.6 Å². The van der Waals surface area contributed by atoms with Crippen LogP contribution in [0.4, 0.5) is 4.39 Å². The van der Waals surface area contributed by atoms with E-state index in [1.54, 1.807) is 36.9 Å². The lowest BCUT2D eigenvalue weighted by molar-refractivity contribution is -0.322. The van der Waals surface area contributed by atoms with Gasteiger partial charge >= 0.3 is 5.17 Å². The van der Waals surface area contributed by atoms with Crippen molar-refractivity contribution in [2.24, 2.45) is 4.99 Å². The number of benzene rings is 3. The summed E-state index contributed by atoms with van der Waals surface area (Å²) in [5.41, 5.74) is 3.90. The maximum Gasteiger partial charge on any atom is 0.379 e. The molecule has 0 fully saturated rings. The van der Waals surface area contributed by atoms with Crippen LogP contribution in [0.1, 0.15) is 46.5 Å². The molecule has 2 aliphatic heterocycles. The van der Waals surface area contributed by atoms with Gasteiger partial charge in [-0.1, -0.05) is 18.2 Å². The van der Waals surface area contributed by atoms with Crippen molar-refractivity contribution in [1.29, 1.82) is 0 Å². The van der Waals surface area contributed by atoms with E-state index in [-0.39, 0.29) is 17.6 Å². The highest BCUT2D eigenvalue weighted by Gasteiger charge is 2.43. The molecule has 0 bridgehead atoms. The second kappa shape index (κ2) is 10.6. The van der Waals surface area contributed by atoms with Gasteiger partial charge < -0.3 is 15.4 Å². The summed E-state index contributed by atoms with van der Waals surface area (Å²) in [5, 5.41) is 6.34. The summed E-state index contributed by atoms with van der Waals surface area (Å²) in [6.45, 7) is 5.84. The molecule has 5 rings (SSSR count). The van der Waals surface area contributed by atoms with E-state index < -0.39 is 5.54 Å². The molecule has 7 nitrogen and oxygen atoms in total. The predicted octanol–water partition coefficient (Wildman–Crippen LogP) is 5.06. The van der Waals surface area contributed by atoms with Crippen molar-refractivity contribution < 1.29 is 23.3 Å². The number of amides is 2. The van der Waals surface area contributed by atoms with E-state index in [2.05, 4.69) is 21.5 Å². The van der Waals surface area contributed by atoms with Crippen molar-refractivity contribution in [2.45, 2.75) is 26.3 Å². The number of amidine groups is 1. The lowest BCUT2D eigenvalue weighted by atomic mass is 9.93. The molecular weight excluding hydrogens is 527 g/mol. The number of halogens is 1. The summed E-state index contributed by atoms with van der Waals surface area (Å²) < 4.78 is 20.5. The summed E-state index contributed by atoms with van der Waals surface area (Å²) in [6.07, 6.45) is 0. The maximum atomic E-state index is 13.5. The summed E-state index contributed by atoms with van der Waals surface area (Å²) in [5.74, 6) is 3.07. The Bertz CT molecular complexity index is 1680. The number of methoxy groups -OCH3 is 1. The Morgan fingerprint density at radius 1 is 1.05 bits per heavy atom. The van der Waals surface area contributed by atoms with Gasteiger partial charge in [-0.2, -0.15) is 0 Å². The normalized spacial score (nSPS) is 14.3. The minimum absolute atomic E-state index is 0.222. The van der Waals surface area contributed by atoms with Gasteiger partial charge in [0, 0.05) is 35.5 Å². The quantitative estimate of drug-likeness (QED) is 0.399. The van der Waals surface area contributed by atoms with Gasteiger partial charge in [-0.05, 0) is 85.4 Å². The number of carbonyl (C=O) groups is 2. The molecule has 2 heterocycles. The van der Waals surface area contributed by atoms with Gasteiger partial charge in [0.15, 0.2) is 0 Å². The number of fused-ring (bicyclic) bond motifs is 1. The van der Waals surface area contributed by atoms with Gasteiger partial charge in [0.25, 0.3) is 17.5 Å². The van der Waals surface area contributed by atoms with Gasteiger partial charge in [-0.15, -0.1) is 4.58 Å². The number of aliphatic imine (C=N–C) groups is 1. The van der Waals surface area contributed by atoms with E-state index in [4.69, 9.17) is 4.74 Å². The third-order valence-electron chi connectivity index (χ3n) is 6.77. The highest BCUT2D eigenvalue weighted by atomic mass is 32.2. The molecule has 3 aromatic rings. The number of nitrogens with zero attached hydrogens (tertiary/aromatic N) is 2. The molecule has 0 aromatic heterocycles. The molecule has 0 saturated carbocycles. The first-order valence-electron chi connectivity index (χ1n) is 12.6. The van der Waals surface area contributed by atoms with Crippen LogP contribution in [0.5, 0.6) is 5.75 Å². The number of nitrogens with one attached hydrogen (secondary N) is 2. The Morgan fingerprint density at radius 2 is 1.80 bits per heavy atom. The predicted molar refractivity (Wildman–Crippen MR) is 156 cm³/mol. The fraction of sp³-hybridized carbons (Fsp3) is 0.194. The number of hydrogen-bond acceptors (Lipinski definition) is 5. The summed E-state index contributed by atoms with van der Waals surface area (Å²) in [6, 6.07) is 19.0. The third-order valence-corrected chi connectivity index (χ3v) is 7.75. The highest BCUT2D eigenvalue weighted by molar-refractivity contribution is 8.22. The van der Waals surface area contributed by atoms with Crippen LogP contribution in [0, 0.1) is 12.7 Å². The summed E-state index contributed by atoms with van der Waals surface area (Å²) >= 11 is 1.36. The molecule has 40 heavy (non-hydrogen) atoms. The van der Waals surface area contributed by atoms with Crippen LogP contribution in [-0.4, -0.2) is 41.6 Å². The zero-order chi connectivity index (χ0) is 28.6. The number of ether oxygens (including phenoxy) is 1. The SMILES string of the molecule is CNC(=O)C1=C(c2ccc(F)cc2)N=C2SC(c3cc(C(=O)NC(C)(C)c4cccc(OC)c4)ccc3C)=C=[N+]21. The first-order valence-corrected chi connectivity index (χ1v) is 13.4. The van der Waals surface area contributed by atoms with Crippen LogP contribution in [0.3, 0.4) is 0 Å². The van der Waals surface area contributed by atoms with Crippen LogP contribution >= 0.6 is 11.8 Å². The van der Waals surface area contributed by atoms with Crippen molar-refractivity contribution in [2.75, 3.05) is 14.2 Å². The van der Waals surface area contributed by atoms with Crippen molar-refractivity contribution >= 4 is 45.2 Å². The van der Waals surface area contributed by atoms with Crippen LogP contribution in [0.25, 0.3) is 10.6 Å². The second-order valence-electron chi connectivity index (χ2n) is 9.90. The van der Waals surface area contributed by atoms with E-state index >= 15 is 0 Å². The average molecular weight is 556 g/mol. The molecule has 2 amide bonds. The standard InChI is InChI=1S/C31H27FN4O3S/c1-18-9-10-20(28(37)35-31(2,3)21-7-6-8-23(16-21)39-5)15-24(18)25-17-36-27(29(38)33-4)26(34-30(36)40-25)19-11-13-22(32)14-12-19/h6-16H,1-5H3,(H-,33,35,37,38)/p+1. The first-order chi connectivity index (χ1) is 19.1. The van der Waals surface area contributed by atoms with Gasteiger partial charge in [-0.3, -0.25) is 9.59 Å². The van der Waals surface area contributed by atoms with Crippen LogP contribution in [-0.2, 0) is 10.3 Å². The maximum absolute atomic E-state index is 13.5. The lowest BCUT2D eigenvalue weighted by Crippen LogP contribution is -2.41. The van der Waals surface area contributed by atoms with E-state index in [1.165, 1.54) is 23.9 Å². The van der Waals surface area contributed by atoms with Crippen molar-refractivity contribution in [3.63, 3.8) is 0 Å². The van der Waals surface area contributed by atoms with E-state index in [0.717, 1.165) is 27.3 Å². The first kappa shape index (κ1) is 27.1. The van der Waals surface area contributed by atoms with Crippen LogP contribution in [0.15, 0.2) is 77.4 Å². The molecule has 3 aromatic carbocycles. The molecule has 0 atom stereocenters. The number of likely N-dealkylation sites (N-methyl/N-ethyl adjacent to an activating group) is 1. The fourth-order valence-corrected chi connectivity index (χ4v) is 5.50. The van der Waals surface area contributed by atoms with Gasteiger partial charge in [0.05, 0.1) is 18.5 Å². The number of rotatable bonds is 7. The number of hydrogen-bond donors (Lipinski definition) is 2. The Hall–Kier alpha value is -4.46. The second-order valence-corrected chi connectivity index (χ2v) is 10.9. The van der Waals surface area contributed by atoms with Crippen molar-refractivity contribution in [3.8, 4) is 5.75 Å². The molecule has 0 aliphatic carbocycles. The number of aryl methyl sites for hydroxylation is 1. The Kier molecular flexibility index (Phi) is 7.19. The van der Waals surface area contributed by atoms with Gasteiger partial charge in [0.1, 0.15) is 16.5 Å². The largest absolute Gasteiger partial charge is 0.497 e. The van der Waals surface area contributed by atoms with E-state index in [1.807, 2.05) is 57.2 Å². The topological polar surface area (TPSA) is 82.8 Å². The highest BCUT2D eigenvalue weighted by Crippen LogP contribution is 2.39. The Labute approximate surface area is 236 Å². The van der Waals surface area contributed by atoms with Gasteiger partial charge in [0.2, 0.25) is 5.70 Å². The molecule has 202 valence electrons. The van der Waals surface area contributed by atoms with Crippen LogP contribution in [0.2, 0.25) is 0 Å². The molecule has 0 unspecified atom stereocenters. The monoisotopic (exact) mass is 555 g/mol. The number of carbonyl (C=O) groups excluding carboxylic acids is 2. The van der Waals surface area contributed by atoms with E-state index in [0.29, 0.717) is 27.7 Å². The third kappa shape index (κ3) is 5.09. The Balaban J connectivity index is 1.49. The van der Waals surface area contributed by atoms with Crippen LogP contribution < -0.4 is 15.4 Å². The number of thioether (sulfide) groups is 1. The van der Waals surface area contributed by atoms with E-state index in [9.17, 15) is 14.0 Å². The zero-order valence-corrected chi connectivity index (χ0v) is 23.6. The van der Waals surface area contributed by atoms with Gasteiger partial charge in [-0.25, -0.2) is 4.39 Å². The summed E-state index contributed by atoms with van der Waals surface area (Å²) in [7, 11) is 3.15. The molecule has 0 saturated heterocycles. The summed E-state index contributed by atoms with van der Waals surface area (Å²) in [4.78, 5) is 31.7. The molecule has 2 N–H and O–H groups in total. The molecular formula is C31H28FN4O3S+. The lowest BCUT2D eigenvalue weighted by Gasteiger charge is -2.27.